The molecule has 0 spiro atoms. The third-order valence-electron chi connectivity index (χ3n) is 3.62. The molecule has 0 N–H and O–H groups in total. The standard InChI is InChI=1S/C18H17BrN2O3/c1-11-9-16(12(2)8-15(11)19)23-10-17-20-18(21-24-17)13-4-6-14(22-3)7-5-13/h4-9H,10H2,1-3H3. The third kappa shape index (κ3) is 3.59. The minimum Gasteiger partial charge on any atom is -0.497 e. The second-order valence-corrected chi connectivity index (χ2v) is 6.25. The van der Waals surface area contributed by atoms with E-state index in [1.165, 1.54) is 0 Å². The monoisotopic (exact) mass is 388 g/mol. The zero-order valence-corrected chi connectivity index (χ0v) is 15.3. The normalized spacial score (nSPS) is 10.7. The summed E-state index contributed by atoms with van der Waals surface area (Å²) in [6.07, 6.45) is 0. The van der Waals surface area contributed by atoms with E-state index in [-0.39, 0.29) is 6.61 Å². The molecule has 1 aromatic heterocycles. The van der Waals surface area contributed by atoms with Crippen LogP contribution in [0.3, 0.4) is 0 Å². The first-order valence-corrected chi connectivity index (χ1v) is 8.22. The van der Waals surface area contributed by atoms with Crippen LogP contribution in [0.1, 0.15) is 17.0 Å². The van der Waals surface area contributed by atoms with Crippen LogP contribution in [0.5, 0.6) is 11.5 Å². The van der Waals surface area contributed by atoms with Crippen LogP contribution in [0.15, 0.2) is 45.4 Å². The Balaban J connectivity index is 1.71. The van der Waals surface area contributed by atoms with Gasteiger partial charge in [0.2, 0.25) is 5.82 Å². The Hall–Kier alpha value is -2.34. The van der Waals surface area contributed by atoms with Crippen molar-refractivity contribution in [3.05, 3.63) is 57.9 Å². The van der Waals surface area contributed by atoms with E-state index in [2.05, 4.69) is 26.1 Å². The van der Waals surface area contributed by atoms with Gasteiger partial charge >= 0.3 is 0 Å². The maximum absolute atomic E-state index is 5.81. The highest BCUT2D eigenvalue weighted by molar-refractivity contribution is 9.10. The molecule has 0 radical (unpaired) electrons. The van der Waals surface area contributed by atoms with Crippen molar-refractivity contribution < 1.29 is 14.0 Å². The van der Waals surface area contributed by atoms with Gasteiger partial charge in [0.1, 0.15) is 11.5 Å². The lowest BCUT2D eigenvalue weighted by molar-refractivity contribution is 0.241. The van der Waals surface area contributed by atoms with Gasteiger partial charge in [-0.05, 0) is 61.4 Å². The van der Waals surface area contributed by atoms with E-state index in [1.807, 2.05) is 50.2 Å². The summed E-state index contributed by atoms with van der Waals surface area (Å²) < 4.78 is 17.3. The Morgan fingerprint density at radius 2 is 1.83 bits per heavy atom. The fraction of sp³-hybridized carbons (Fsp3) is 0.222. The molecule has 0 saturated carbocycles. The second kappa shape index (κ2) is 7.05. The summed E-state index contributed by atoms with van der Waals surface area (Å²) in [5.74, 6) is 2.55. The van der Waals surface area contributed by atoms with Crippen LogP contribution in [0.4, 0.5) is 0 Å². The highest BCUT2D eigenvalue weighted by Gasteiger charge is 2.11. The molecular weight excluding hydrogens is 372 g/mol. The van der Waals surface area contributed by atoms with Gasteiger partial charge in [-0.15, -0.1) is 0 Å². The van der Waals surface area contributed by atoms with Crippen molar-refractivity contribution in [2.45, 2.75) is 20.5 Å². The van der Waals surface area contributed by atoms with Gasteiger partial charge in [-0.25, -0.2) is 0 Å². The number of hydrogen-bond donors (Lipinski definition) is 0. The summed E-state index contributed by atoms with van der Waals surface area (Å²) in [5, 5.41) is 3.99. The van der Waals surface area contributed by atoms with Gasteiger partial charge in [-0.1, -0.05) is 21.1 Å². The molecule has 6 heteroatoms. The fourth-order valence-corrected chi connectivity index (χ4v) is 2.68. The van der Waals surface area contributed by atoms with Gasteiger partial charge in [0.05, 0.1) is 7.11 Å². The lowest BCUT2D eigenvalue weighted by Crippen LogP contribution is -1.98. The molecule has 2 aromatic carbocycles. The Kier molecular flexibility index (Phi) is 4.85. The summed E-state index contributed by atoms with van der Waals surface area (Å²) in [5.41, 5.74) is 3.02. The molecule has 124 valence electrons. The molecule has 0 unspecified atom stereocenters. The number of benzene rings is 2. The number of hydrogen-bond acceptors (Lipinski definition) is 5. The molecule has 0 saturated heterocycles. The smallest absolute Gasteiger partial charge is 0.264 e. The molecule has 0 aliphatic rings. The zero-order chi connectivity index (χ0) is 17.1. The minimum absolute atomic E-state index is 0.227. The fourth-order valence-electron chi connectivity index (χ4n) is 2.22. The van der Waals surface area contributed by atoms with Crippen molar-refractivity contribution in [1.82, 2.24) is 10.1 Å². The van der Waals surface area contributed by atoms with Crippen molar-refractivity contribution in [2.24, 2.45) is 0 Å². The molecular formula is C18H17BrN2O3. The highest BCUT2D eigenvalue weighted by atomic mass is 79.9. The predicted octanol–water partition coefficient (Wildman–Crippen LogP) is 4.70. The van der Waals surface area contributed by atoms with E-state index in [0.717, 1.165) is 32.7 Å². The number of methoxy groups -OCH3 is 1. The Labute approximate surface area is 148 Å². The molecule has 0 bridgehead atoms. The van der Waals surface area contributed by atoms with Gasteiger partial charge in [-0.2, -0.15) is 4.98 Å². The van der Waals surface area contributed by atoms with Crippen molar-refractivity contribution >= 4 is 15.9 Å². The van der Waals surface area contributed by atoms with E-state index >= 15 is 0 Å². The lowest BCUT2D eigenvalue weighted by Gasteiger charge is -2.09. The molecule has 0 aliphatic carbocycles. The van der Waals surface area contributed by atoms with E-state index < -0.39 is 0 Å². The number of halogens is 1. The van der Waals surface area contributed by atoms with Gasteiger partial charge in [0.25, 0.3) is 5.89 Å². The van der Waals surface area contributed by atoms with Crippen LogP contribution in [0.25, 0.3) is 11.4 Å². The molecule has 0 amide bonds. The maximum Gasteiger partial charge on any atom is 0.264 e. The number of aryl methyl sites for hydroxylation is 2. The van der Waals surface area contributed by atoms with Crippen molar-refractivity contribution in [3.63, 3.8) is 0 Å². The van der Waals surface area contributed by atoms with Gasteiger partial charge in [0.15, 0.2) is 6.61 Å². The number of rotatable bonds is 5. The average molecular weight is 389 g/mol. The summed E-state index contributed by atoms with van der Waals surface area (Å²) in [6.45, 7) is 4.24. The van der Waals surface area contributed by atoms with E-state index in [9.17, 15) is 0 Å². The molecule has 0 aliphatic heterocycles. The number of nitrogens with zero attached hydrogens (tertiary/aromatic N) is 2. The predicted molar refractivity (Wildman–Crippen MR) is 94.2 cm³/mol. The van der Waals surface area contributed by atoms with Gasteiger partial charge < -0.3 is 14.0 Å². The quantitative estimate of drug-likeness (QED) is 0.633. The van der Waals surface area contributed by atoms with Crippen molar-refractivity contribution in [2.75, 3.05) is 7.11 Å². The first-order valence-electron chi connectivity index (χ1n) is 7.43. The molecule has 5 nitrogen and oxygen atoms in total. The molecule has 24 heavy (non-hydrogen) atoms. The van der Waals surface area contributed by atoms with E-state index in [1.54, 1.807) is 7.11 Å². The number of aromatic nitrogens is 2. The Morgan fingerprint density at radius 3 is 2.54 bits per heavy atom. The second-order valence-electron chi connectivity index (χ2n) is 5.40. The maximum atomic E-state index is 5.81. The van der Waals surface area contributed by atoms with Gasteiger partial charge in [-0.3, -0.25) is 0 Å². The van der Waals surface area contributed by atoms with Crippen LogP contribution in [-0.4, -0.2) is 17.3 Å². The van der Waals surface area contributed by atoms with Crippen LogP contribution in [-0.2, 0) is 6.61 Å². The highest BCUT2D eigenvalue weighted by Crippen LogP contribution is 2.27. The zero-order valence-electron chi connectivity index (χ0n) is 13.7. The molecule has 0 atom stereocenters. The molecule has 3 rings (SSSR count). The Morgan fingerprint density at radius 1 is 1.08 bits per heavy atom. The topological polar surface area (TPSA) is 57.4 Å². The van der Waals surface area contributed by atoms with E-state index in [4.69, 9.17) is 14.0 Å². The van der Waals surface area contributed by atoms with Crippen LogP contribution in [0.2, 0.25) is 0 Å². The SMILES string of the molecule is COc1ccc(-c2noc(COc3cc(C)c(Br)cc3C)n2)cc1. The third-order valence-corrected chi connectivity index (χ3v) is 4.48. The summed E-state index contributed by atoms with van der Waals surface area (Å²) >= 11 is 3.51. The first-order chi connectivity index (χ1) is 11.6. The van der Waals surface area contributed by atoms with Crippen LogP contribution < -0.4 is 9.47 Å². The van der Waals surface area contributed by atoms with Crippen molar-refractivity contribution in [3.8, 4) is 22.9 Å². The van der Waals surface area contributed by atoms with Crippen LogP contribution in [0, 0.1) is 13.8 Å². The van der Waals surface area contributed by atoms with Crippen molar-refractivity contribution in [1.29, 1.82) is 0 Å². The molecule has 3 aromatic rings. The van der Waals surface area contributed by atoms with Crippen LogP contribution >= 0.6 is 15.9 Å². The largest absolute Gasteiger partial charge is 0.497 e. The number of ether oxygens (including phenoxy) is 2. The van der Waals surface area contributed by atoms with Gasteiger partial charge in [0, 0.05) is 10.0 Å². The Bertz CT molecular complexity index is 844. The summed E-state index contributed by atoms with van der Waals surface area (Å²) in [7, 11) is 1.63. The molecule has 0 fully saturated rings. The van der Waals surface area contributed by atoms with E-state index in [0.29, 0.717) is 11.7 Å². The minimum atomic E-state index is 0.227. The average Bonchev–Trinajstić information content (AvgIpc) is 3.06. The summed E-state index contributed by atoms with van der Waals surface area (Å²) in [4.78, 5) is 4.37. The first kappa shape index (κ1) is 16.5. The lowest BCUT2D eigenvalue weighted by atomic mass is 10.1. The molecule has 1 heterocycles. The summed E-state index contributed by atoms with van der Waals surface area (Å²) in [6, 6.07) is 11.5.